The molecule has 2 aliphatic heterocycles. The normalized spacial score (nSPS) is 20.0. The van der Waals surface area contributed by atoms with Crippen LogP contribution in [0.3, 0.4) is 0 Å². The Labute approximate surface area is 157 Å². The van der Waals surface area contributed by atoms with Crippen LogP contribution in [0.15, 0.2) is 24.3 Å². The number of ether oxygens (including phenoxy) is 2. The summed E-state index contributed by atoms with van der Waals surface area (Å²) in [6.45, 7) is 8.95. The summed E-state index contributed by atoms with van der Waals surface area (Å²) in [6, 6.07) is 9.28. The van der Waals surface area contributed by atoms with E-state index in [1.807, 2.05) is 25.7 Å². The third-order valence-corrected chi connectivity index (χ3v) is 5.10. The second kappa shape index (κ2) is 8.30. The molecule has 0 radical (unpaired) electrons. The number of amides is 1. The molecule has 144 valence electrons. The Morgan fingerprint density at radius 3 is 2.50 bits per heavy atom. The van der Waals surface area contributed by atoms with Crippen LogP contribution in [0, 0.1) is 0 Å². The Morgan fingerprint density at radius 1 is 1.15 bits per heavy atom. The lowest BCUT2D eigenvalue weighted by Gasteiger charge is -2.33. The van der Waals surface area contributed by atoms with Crippen LogP contribution in [0.4, 0.5) is 10.5 Å². The first-order chi connectivity index (χ1) is 12.4. The van der Waals surface area contributed by atoms with Gasteiger partial charge in [-0.25, -0.2) is 4.79 Å². The summed E-state index contributed by atoms with van der Waals surface area (Å²) in [5, 5.41) is 3.65. The van der Waals surface area contributed by atoms with Crippen molar-refractivity contribution >= 4 is 11.8 Å². The van der Waals surface area contributed by atoms with Crippen LogP contribution in [0.2, 0.25) is 0 Å². The third kappa shape index (κ3) is 5.37. The van der Waals surface area contributed by atoms with Gasteiger partial charge in [0, 0.05) is 38.0 Å². The molecule has 5 heteroatoms. The van der Waals surface area contributed by atoms with Gasteiger partial charge in [-0.15, -0.1) is 0 Å². The molecule has 1 aromatic carbocycles. The second-order valence-corrected chi connectivity index (χ2v) is 8.40. The van der Waals surface area contributed by atoms with Crippen LogP contribution in [0.25, 0.3) is 0 Å². The first kappa shape index (κ1) is 19.0. The van der Waals surface area contributed by atoms with E-state index in [0.717, 1.165) is 52.0 Å². The fourth-order valence-corrected chi connectivity index (χ4v) is 3.68. The lowest BCUT2D eigenvalue weighted by Crippen LogP contribution is -2.41. The molecule has 0 aliphatic carbocycles. The zero-order chi connectivity index (χ0) is 18.6. The molecule has 26 heavy (non-hydrogen) atoms. The van der Waals surface area contributed by atoms with Crippen LogP contribution in [0.5, 0.6) is 0 Å². The first-order valence-corrected chi connectivity index (χ1v) is 9.83. The van der Waals surface area contributed by atoms with Crippen LogP contribution in [0.1, 0.15) is 57.9 Å². The summed E-state index contributed by atoms with van der Waals surface area (Å²) in [4.78, 5) is 14.1. The van der Waals surface area contributed by atoms with E-state index in [9.17, 15) is 4.79 Å². The lowest BCUT2D eigenvalue weighted by molar-refractivity contribution is 0.0205. The van der Waals surface area contributed by atoms with Crippen molar-refractivity contribution in [2.24, 2.45) is 0 Å². The maximum absolute atomic E-state index is 12.2. The van der Waals surface area contributed by atoms with E-state index in [-0.39, 0.29) is 6.09 Å². The third-order valence-electron chi connectivity index (χ3n) is 5.10. The number of nitrogens with one attached hydrogen (secondary N) is 1. The molecule has 2 saturated heterocycles. The van der Waals surface area contributed by atoms with E-state index in [1.54, 1.807) is 0 Å². The molecule has 2 aliphatic rings. The molecule has 0 unspecified atom stereocenters. The Bertz CT molecular complexity index is 598. The number of carbonyl (C=O) groups is 1. The minimum absolute atomic E-state index is 0.189. The summed E-state index contributed by atoms with van der Waals surface area (Å²) in [5.74, 6) is 0.505. The van der Waals surface area contributed by atoms with Crippen molar-refractivity contribution in [2.75, 3.05) is 31.6 Å². The molecule has 1 N–H and O–H groups in total. The van der Waals surface area contributed by atoms with Gasteiger partial charge in [0.05, 0.1) is 0 Å². The topological polar surface area (TPSA) is 50.8 Å². The SMILES string of the molecule is CC(C)(C)OC(=O)N1CCC(c2cccc(NC3CCOCC3)c2)CC1. The van der Waals surface area contributed by atoms with Crippen molar-refractivity contribution in [3.8, 4) is 0 Å². The number of likely N-dealkylation sites (tertiary alicyclic amines) is 1. The Balaban J connectivity index is 1.54. The Morgan fingerprint density at radius 2 is 1.85 bits per heavy atom. The van der Waals surface area contributed by atoms with Gasteiger partial charge in [0.2, 0.25) is 0 Å². The smallest absolute Gasteiger partial charge is 0.410 e. The van der Waals surface area contributed by atoms with Crippen molar-refractivity contribution in [3.63, 3.8) is 0 Å². The molecule has 0 spiro atoms. The second-order valence-electron chi connectivity index (χ2n) is 8.40. The van der Waals surface area contributed by atoms with Crippen molar-refractivity contribution < 1.29 is 14.3 Å². The molecule has 0 atom stereocenters. The Kier molecular flexibility index (Phi) is 6.07. The van der Waals surface area contributed by atoms with Crippen molar-refractivity contribution in [1.29, 1.82) is 0 Å². The molecule has 0 saturated carbocycles. The highest BCUT2D eigenvalue weighted by atomic mass is 16.6. The van der Waals surface area contributed by atoms with E-state index in [1.165, 1.54) is 11.3 Å². The summed E-state index contributed by atoms with van der Waals surface area (Å²) in [6.07, 6.45) is 3.92. The average molecular weight is 360 g/mol. The van der Waals surface area contributed by atoms with Crippen LogP contribution >= 0.6 is 0 Å². The Hall–Kier alpha value is -1.75. The zero-order valence-corrected chi connectivity index (χ0v) is 16.3. The van der Waals surface area contributed by atoms with Crippen LogP contribution < -0.4 is 5.32 Å². The summed E-state index contributed by atoms with van der Waals surface area (Å²) in [7, 11) is 0. The molecule has 2 heterocycles. The van der Waals surface area contributed by atoms with E-state index >= 15 is 0 Å². The van der Waals surface area contributed by atoms with Crippen molar-refractivity contribution in [1.82, 2.24) is 4.90 Å². The van der Waals surface area contributed by atoms with Gasteiger partial charge >= 0.3 is 6.09 Å². The number of piperidine rings is 1. The number of hydrogen-bond donors (Lipinski definition) is 1. The standard InChI is InChI=1S/C21H32N2O3/c1-21(2,3)26-20(24)23-11-7-16(8-12-23)17-5-4-6-19(15-17)22-18-9-13-25-14-10-18/h4-6,15-16,18,22H,7-14H2,1-3H3. The van der Waals surface area contributed by atoms with E-state index in [0.29, 0.717) is 12.0 Å². The molecule has 1 amide bonds. The highest BCUT2D eigenvalue weighted by molar-refractivity contribution is 5.68. The average Bonchev–Trinajstić information content (AvgIpc) is 2.61. The first-order valence-electron chi connectivity index (χ1n) is 9.83. The predicted octanol–water partition coefficient (Wildman–Crippen LogP) is 4.39. The predicted molar refractivity (Wildman–Crippen MR) is 104 cm³/mol. The largest absolute Gasteiger partial charge is 0.444 e. The minimum Gasteiger partial charge on any atom is -0.444 e. The fraction of sp³-hybridized carbons (Fsp3) is 0.667. The van der Waals surface area contributed by atoms with Gasteiger partial charge in [-0.3, -0.25) is 0 Å². The van der Waals surface area contributed by atoms with E-state index in [4.69, 9.17) is 9.47 Å². The van der Waals surface area contributed by atoms with Gasteiger partial charge in [-0.05, 0) is 70.1 Å². The quantitative estimate of drug-likeness (QED) is 0.868. The fourth-order valence-electron chi connectivity index (χ4n) is 3.68. The molecule has 5 nitrogen and oxygen atoms in total. The van der Waals surface area contributed by atoms with Gasteiger partial charge in [0.1, 0.15) is 5.60 Å². The summed E-state index contributed by atoms with van der Waals surface area (Å²) in [5.41, 5.74) is 2.13. The number of hydrogen-bond acceptors (Lipinski definition) is 4. The number of carbonyl (C=O) groups excluding carboxylic acids is 1. The van der Waals surface area contributed by atoms with Gasteiger partial charge in [0.25, 0.3) is 0 Å². The van der Waals surface area contributed by atoms with Crippen molar-refractivity contribution in [2.45, 2.75) is 64.0 Å². The minimum atomic E-state index is -0.432. The van der Waals surface area contributed by atoms with E-state index in [2.05, 4.69) is 29.6 Å². The van der Waals surface area contributed by atoms with Gasteiger partial charge in [-0.1, -0.05) is 12.1 Å². The zero-order valence-electron chi connectivity index (χ0n) is 16.3. The van der Waals surface area contributed by atoms with Gasteiger partial charge in [0.15, 0.2) is 0 Å². The maximum Gasteiger partial charge on any atom is 0.410 e. The van der Waals surface area contributed by atoms with Gasteiger partial charge in [-0.2, -0.15) is 0 Å². The molecule has 3 rings (SSSR count). The van der Waals surface area contributed by atoms with E-state index < -0.39 is 5.60 Å². The number of nitrogens with zero attached hydrogens (tertiary/aromatic N) is 1. The number of anilines is 1. The molecule has 2 fully saturated rings. The van der Waals surface area contributed by atoms with Gasteiger partial charge < -0.3 is 19.7 Å². The summed E-state index contributed by atoms with van der Waals surface area (Å²) >= 11 is 0. The number of rotatable bonds is 3. The highest BCUT2D eigenvalue weighted by Gasteiger charge is 2.27. The lowest BCUT2D eigenvalue weighted by atomic mass is 9.89. The highest BCUT2D eigenvalue weighted by Crippen LogP contribution is 2.30. The van der Waals surface area contributed by atoms with Crippen LogP contribution in [-0.2, 0) is 9.47 Å². The molecule has 1 aromatic rings. The molecular weight excluding hydrogens is 328 g/mol. The molecular formula is C21H32N2O3. The monoisotopic (exact) mass is 360 g/mol. The van der Waals surface area contributed by atoms with Crippen LogP contribution in [-0.4, -0.2) is 48.9 Å². The van der Waals surface area contributed by atoms with Crippen molar-refractivity contribution in [3.05, 3.63) is 29.8 Å². The maximum atomic E-state index is 12.2. The molecule has 0 bridgehead atoms. The molecule has 0 aromatic heterocycles. The number of benzene rings is 1. The summed E-state index contributed by atoms with van der Waals surface area (Å²) < 4.78 is 10.9.